The van der Waals surface area contributed by atoms with Crippen LogP contribution in [-0.4, -0.2) is 12.6 Å². The molecule has 0 radical (unpaired) electrons. The molecule has 1 aromatic carbocycles. The molecule has 0 aliphatic carbocycles. The molecule has 1 aliphatic rings. The Morgan fingerprint density at radius 2 is 1.75 bits per heavy atom. The van der Waals surface area contributed by atoms with E-state index in [4.69, 9.17) is 9.47 Å². The fraction of sp³-hybridized carbons (Fsp3) is 0.571. The number of allylic oxidation sites excluding steroid dienone is 1. The van der Waals surface area contributed by atoms with Crippen molar-refractivity contribution in [3.8, 4) is 11.5 Å². The van der Waals surface area contributed by atoms with Crippen LogP contribution in [0.25, 0.3) is 0 Å². The molecule has 132 valence electrons. The second-order valence-electron chi connectivity index (χ2n) is 6.63. The number of carbonyl (C=O) groups excluding carboxylic acids is 1. The number of carbonyl (C=O) groups is 1. The molecule has 2 rings (SSSR count). The second-order valence-corrected chi connectivity index (χ2v) is 6.63. The van der Waals surface area contributed by atoms with E-state index in [1.54, 1.807) is 6.07 Å². The Kier molecular flexibility index (Phi) is 7.36. The first-order valence-corrected chi connectivity index (χ1v) is 9.26. The zero-order chi connectivity index (χ0) is 17.4. The summed E-state index contributed by atoms with van der Waals surface area (Å²) in [4.78, 5) is 12.5. The summed E-state index contributed by atoms with van der Waals surface area (Å²) >= 11 is 0. The lowest BCUT2D eigenvalue weighted by atomic mass is 9.86. The van der Waals surface area contributed by atoms with E-state index < -0.39 is 0 Å². The van der Waals surface area contributed by atoms with E-state index in [1.807, 2.05) is 12.1 Å². The molecule has 0 N–H and O–H groups in total. The van der Waals surface area contributed by atoms with Crippen molar-refractivity contribution in [1.82, 2.24) is 0 Å². The van der Waals surface area contributed by atoms with Crippen LogP contribution in [0.3, 0.4) is 0 Å². The summed E-state index contributed by atoms with van der Waals surface area (Å²) in [5.41, 5.74) is 1.94. The Balaban J connectivity index is 1.87. The number of Topliss-reactive ketones (excluding diaryl/α,β-unsaturated/α-hetero) is 1. The van der Waals surface area contributed by atoms with Crippen LogP contribution in [0.5, 0.6) is 11.5 Å². The van der Waals surface area contributed by atoms with Gasteiger partial charge in [0, 0.05) is 12.0 Å². The minimum atomic E-state index is 0.152. The molecule has 0 saturated carbocycles. The molecule has 3 heteroatoms. The van der Waals surface area contributed by atoms with Gasteiger partial charge in [-0.15, -0.1) is 0 Å². The highest BCUT2D eigenvalue weighted by molar-refractivity contribution is 5.96. The molecule has 24 heavy (non-hydrogen) atoms. The maximum Gasteiger partial charge on any atom is 0.231 e. The highest BCUT2D eigenvalue weighted by Crippen LogP contribution is 2.33. The van der Waals surface area contributed by atoms with Crippen molar-refractivity contribution in [2.45, 2.75) is 65.2 Å². The van der Waals surface area contributed by atoms with E-state index in [0.29, 0.717) is 23.7 Å². The highest BCUT2D eigenvalue weighted by atomic mass is 16.7. The van der Waals surface area contributed by atoms with Crippen LogP contribution in [0.1, 0.15) is 75.6 Å². The zero-order valence-electron chi connectivity index (χ0n) is 15.1. The highest BCUT2D eigenvalue weighted by Gasteiger charge is 2.17. The number of fused-ring (bicyclic) bond motifs is 1. The van der Waals surface area contributed by atoms with E-state index in [0.717, 1.165) is 12.2 Å². The van der Waals surface area contributed by atoms with Gasteiger partial charge >= 0.3 is 0 Å². The van der Waals surface area contributed by atoms with Gasteiger partial charge in [-0.1, -0.05) is 51.7 Å². The summed E-state index contributed by atoms with van der Waals surface area (Å²) in [7, 11) is 0. The number of hydrogen-bond donors (Lipinski definition) is 0. The Labute approximate surface area is 146 Å². The number of hydrogen-bond acceptors (Lipinski definition) is 3. The Bertz CT molecular complexity index is 554. The van der Waals surface area contributed by atoms with Crippen LogP contribution in [0.2, 0.25) is 0 Å². The molecule has 0 amide bonds. The van der Waals surface area contributed by atoms with Gasteiger partial charge in [-0.3, -0.25) is 4.79 Å². The first-order chi connectivity index (χ1) is 11.7. The van der Waals surface area contributed by atoms with Crippen molar-refractivity contribution in [3.63, 3.8) is 0 Å². The van der Waals surface area contributed by atoms with Gasteiger partial charge in [0.15, 0.2) is 17.3 Å². The third-order valence-electron chi connectivity index (χ3n) is 4.76. The second kappa shape index (κ2) is 9.51. The smallest absolute Gasteiger partial charge is 0.231 e. The van der Waals surface area contributed by atoms with E-state index in [1.165, 1.54) is 44.1 Å². The fourth-order valence-corrected chi connectivity index (χ4v) is 3.15. The number of unbranched alkanes of at least 4 members (excludes halogenated alkanes) is 2. The topological polar surface area (TPSA) is 35.5 Å². The molecular weight excluding hydrogens is 300 g/mol. The predicted octanol–water partition coefficient (Wildman–Crippen LogP) is 5.93. The summed E-state index contributed by atoms with van der Waals surface area (Å²) in [6.45, 7) is 8.97. The summed E-state index contributed by atoms with van der Waals surface area (Å²) in [6, 6.07) is 5.43. The van der Waals surface area contributed by atoms with Crippen molar-refractivity contribution in [1.29, 1.82) is 0 Å². The molecule has 0 spiro atoms. The van der Waals surface area contributed by atoms with Crippen LogP contribution < -0.4 is 9.47 Å². The van der Waals surface area contributed by atoms with Crippen molar-refractivity contribution >= 4 is 5.78 Å². The number of ether oxygens (including phenoxy) is 2. The quantitative estimate of drug-likeness (QED) is 0.372. The van der Waals surface area contributed by atoms with E-state index in [9.17, 15) is 4.79 Å². The van der Waals surface area contributed by atoms with E-state index in [-0.39, 0.29) is 12.6 Å². The SMILES string of the molecule is C=C(CCC(=O)c1ccc2c(c1)OCO2)C(CCCC)CCCC. The van der Waals surface area contributed by atoms with Crippen molar-refractivity contribution < 1.29 is 14.3 Å². The van der Waals surface area contributed by atoms with Gasteiger partial charge in [-0.05, 0) is 43.4 Å². The van der Waals surface area contributed by atoms with Gasteiger partial charge in [-0.25, -0.2) is 0 Å². The third-order valence-corrected chi connectivity index (χ3v) is 4.76. The number of ketones is 1. The summed E-state index contributed by atoms with van der Waals surface area (Å²) < 4.78 is 10.6. The molecular formula is C21H30O3. The molecule has 1 aliphatic heterocycles. The van der Waals surface area contributed by atoms with E-state index in [2.05, 4.69) is 20.4 Å². The van der Waals surface area contributed by atoms with Crippen molar-refractivity contribution in [2.24, 2.45) is 5.92 Å². The molecule has 0 atom stereocenters. The van der Waals surface area contributed by atoms with E-state index >= 15 is 0 Å². The Hall–Kier alpha value is -1.77. The summed E-state index contributed by atoms with van der Waals surface area (Å²) in [5.74, 6) is 2.10. The molecule has 0 bridgehead atoms. The van der Waals surface area contributed by atoms with Crippen molar-refractivity contribution in [3.05, 3.63) is 35.9 Å². The summed E-state index contributed by atoms with van der Waals surface area (Å²) in [6.07, 6.45) is 8.62. The molecule has 1 heterocycles. The first kappa shape index (κ1) is 18.6. The fourth-order valence-electron chi connectivity index (χ4n) is 3.15. The van der Waals surface area contributed by atoms with Crippen LogP contribution in [-0.2, 0) is 0 Å². The molecule has 0 aromatic heterocycles. The molecule has 0 saturated heterocycles. The predicted molar refractivity (Wildman–Crippen MR) is 97.8 cm³/mol. The number of benzene rings is 1. The average molecular weight is 330 g/mol. The largest absolute Gasteiger partial charge is 0.454 e. The van der Waals surface area contributed by atoms with Crippen LogP contribution in [0, 0.1) is 5.92 Å². The van der Waals surface area contributed by atoms with Crippen molar-refractivity contribution in [2.75, 3.05) is 6.79 Å². The lowest BCUT2D eigenvalue weighted by molar-refractivity contribution is 0.0981. The number of rotatable bonds is 11. The lowest BCUT2D eigenvalue weighted by Gasteiger charge is -2.19. The van der Waals surface area contributed by atoms with Gasteiger partial charge < -0.3 is 9.47 Å². The monoisotopic (exact) mass is 330 g/mol. The first-order valence-electron chi connectivity index (χ1n) is 9.26. The van der Waals surface area contributed by atoms with Gasteiger partial charge in [0.05, 0.1) is 0 Å². The maximum atomic E-state index is 12.5. The zero-order valence-corrected chi connectivity index (χ0v) is 15.1. The van der Waals surface area contributed by atoms with Crippen LogP contribution in [0.15, 0.2) is 30.4 Å². The minimum Gasteiger partial charge on any atom is -0.454 e. The van der Waals surface area contributed by atoms with Gasteiger partial charge in [-0.2, -0.15) is 0 Å². The van der Waals surface area contributed by atoms with Gasteiger partial charge in [0.25, 0.3) is 0 Å². The van der Waals surface area contributed by atoms with Gasteiger partial charge in [0.1, 0.15) is 0 Å². The molecule has 3 nitrogen and oxygen atoms in total. The molecule has 0 fully saturated rings. The Morgan fingerprint density at radius 1 is 1.08 bits per heavy atom. The summed E-state index contributed by atoms with van der Waals surface area (Å²) in [5, 5.41) is 0. The van der Waals surface area contributed by atoms with Crippen LogP contribution in [0.4, 0.5) is 0 Å². The Morgan fingerprint density at radius 3 is 2.42 bits per heavy atom. The van der Waals surface area contributed by atoms with Crippen LogP contribution >= 0.6 is 0 Å². The minimum absolute atomic E-state index is 0.152. The third kappa shape index (κ3) is 5.12. The molecule has 1 aromatic rings. The standard InChI is InChI=1S/C21H30O3/c1-4-6-8-17(9-7-5-2)16(3)10-12-19(22)18-11-13-20-21(14-18)24-15-23-20/h11,13-14,17H,3-10,12,15H2,1-2H3. The average Bonchev–Trinajstić information content (AvgIpc) is 3.07. The maximum absolute atomic E-state index is 12.5. The molecule has 0 unspecified atom stereocenters. The van der Waals surface area contributed by atoms with Gasteiger partial charge in [0.2, 0.25) is 6.79 Å². The normalized spacial score (nSPS) is 12.6. The lowest BCUT2D eigenvalue weighted by Crippen LogP contribution is -2.07.